The highest BCUT2D eigenvalue weighted by Gasteiger charge is 2.50. The molecule has 7 heteroatoms. The summed E-state index contributed by atoms with van der Waals surface area (Å²) in [6, 6.07) is 25.6. The summed E-state index contributed by atoms with van der Waals surface area (Å²) >= 11 is 0. The molecule has 0 N–H and O–H groups in total. The first kappa shape index (κ1) is 22.1. The van der Waals surface area contributed by atoms with Crippen molar-refractivity contribution in [2.75, 3.05) is 18.2 Å². The van der Waals surface area contributed by atoms with E-state index in [0.717, 1.165) is 49.2 Å². The molecule has 2 heterocycles. The van der Waals surface area contributed by atoms with Crippen LogP contribution in [0.4, 0.5) is 11.4 Å². The molecule has 2 aliphatic rings. The summed E-state index contributed by atoms with van der Waals surface area (Å²) in [7, 11) is 0. The number of carbonyl (C=O) groups is 1. The van der Waals surface area contributed by atoms with E-state index in [-0.39, 0.29) is 11.6 Å². The Morgan fingerprint density at radius 2 is 1.44 bits per heavy atom. The van der Waals surface area contributed by atoms with E-state index in [1.54, 1.807) is 12.1 Å². The standard InChI is InChI=1S/C27H27N3O4/c31-27(28-18-8-3-9-19-28)24-25(20-14-16-23(17-15-20)30(32)33)29(22-12-6-2-7-13-22)34-26(24)21-10-4-1-5-11-21/h1-2,4-7,10-17,24-26H,3,8-9,18-19H2. The summed E-state index contributed by atoms with van der Waals surface area (Å²) in [6.07, 6.45) is 2.66. The minimum absolute atomic E-state index is 0.0208. The van der Waals surface area contributed by atoms with E-state index >= 15 is 0 Å². The lowest BCUT2D eigenvalue weighted by Crippen LogP contribution is -2.42. The summed E-state index contributed by atoms with van der Waals surface area (Å²) in [6.45, 7) is 1.49. The molecule has 174 valence electrons. The maximum atomic E-state index is 14.0. The molecule has 0 bridgehead atoms. The van der Waals surface area contributed by atoms with E-state index in [1.165, 1.54) is 12.1 Å². The Hall–Kier alpha value is -3.71. The third-order valence-electron chi connectivity index (χ3n) is 6.68. The number of hydrogen-bond acceptors (Lipinski definition) is 5. The van der Waals surface area contributed by atoms with Gasteiger partial charge in [0, 0.05) is 25.2 Å². The summed E-state index contributed by atoms with van der Waals surface area (Å²) in [5, 5.41) is 13.1. The number of non-ortho nitro benzene ring substituents is 1. The van der Waals surface area contributed by atoms with Gasteiger partial charge >= 0.3 is 0 Å². The number of nitro groups is 1. The molecule has 0 aromatic heterocycles. The van der Waals surface area contributed by atoms with Crippen molar-refractivity contribution in [1.29, 1.82) is 0 Å². The number of hydroxylamine groups is 1. The fourth-order valence-corrected chi connectivity index (χ4v) is 5.00. The first-order valence-electron chi connectivity index (χ1n) is 11.7. The summed E-state index contributed by atoms with van der Waals surface area (Å²) in [4.78, 5) is 33.4. The maximum absolute atomic E-state index is 14.0. The molecule has 3 atom stereocenters. The molecule has 34 heavy (non-hydrogen) atoms. The monoisotopic (exact) mass is 457 g/mol. The second-order valence-corrected chi connectivity index (χ2v) is 8.80. The van der Waals surface area contributed by atoms with Crippen molar-refractivity contribution in [3.05, 3.63) is 106 Å². The first-order chi connectivity index (χ1) is 16.6. The highest BCUT2D eigenvalue weighted by molar-refractivity contribution is 5.82. The predicted octanol–water partition coefficient (Wildman–Crippen LogP) is 5.46. The summed E-state index contributed by atoms with van der Waals surface area (Å²) < 4.78 is 0. The molecule has 0 spiro atoms. The van der Waals surface area contributed by atoms with Crippen molar-refractivity contribution in [3.8, 4) is 0 Å². The third-order valence-corrected chi connectivity index (χ3v) is 6.68. The van der Waals surface area contributed by atoms with E-state index in [1.807, 2.05) is 70.6 Å². The number of benzene rings is 3. The Bertz CT molecular complexity index is 1130. The van der Waals surface area contributed by atoms with Crippen LogP contribution in [0.5, 0.6) is 0 Å². The molecule has 0 saturated carbocycles. The lowest BCUT2D eigenvalue weighted by Gasteiger charge is -2.33. The van der Waals surface area contributed by atoms with Gasteiger partial charge in [-0.05, 0) is 42.5 Å². The van der Waals surface area contributed by atoms with Gasteiger partial charge in [-0.15, -0.1) is 0 Å². The Morgan fingerprint density at radius 3 is 2.06 bits per heavy atom. The van der Waals surface area contributed by atoms with Crippen LogP contribution < -0.4 is 5.06 Å². The average molecular weight is 458 g/mol. The van der Waals surface area contributed by atoms with Crippen molar-refractivity contribution in [2.45, 2.75) is 31.4 Å². The van der Waals surface area contributed by atoms with Crippen molar-refractivity contribution < 1.29 is 14.6 Å². The van der Waals surface area contributed by atoms with Crippen molar-refractivity contribution in [1.82, 2.24) is 4.90 Å². The van der Waals surface area contributed by atoms with Crippen LogP contribution in [0.2, 0.25) is 0 Å². The summed E-state index contributed by atoms with van der Waals surface area (Å²) in [5.41, 5.74) is 2.60. The number of carbonyl (C=O) groups excluding carboxylic acids is 1. The zero-order chi connectivity index (χ0) is 23.5. The van der Waals surface area contributed by atoms with Crippen molar-refractivity contribution >= 4 is 17.3 Å². The predicted molar refractivity (Wildman–Crippen MR) is 129 cm³/mol. The topological polar surface area (TPSA) is 75.9 Å². The van der Waals surface area contributed by atoms with Gasteiger partial charge in [0.2, 0.25) is 5.91 Å². The molecule has 2 saturated heterocycles. The molecular formula is C27H27N3O4. The number of nitro benzene ring substituents is 1. The van der Waals surface area contributed by atoms with Gasteiger partial charge in [0.05, 0.1) is 22.6 Å². The van der Waals surface area contributed by atoms with Crippen LogP contribution in [0.15, 0.2) is 84.9 Å². The van der Waals surface area contributed by atoms with Crippen LogP contribution in [0.25, 0.3) is 0 Å². The lowest BCUT2D eigenvalue weighted by atomic mass is 9.84. The molecule has 7 nitrogen and oxygen atoms in total. The molecule has 1 amide bonds. The molecule has 3 unspecified atom stereocenters. The second kappa shape index (κ2) is 9.65. The summed E-state index contributed by atoms with van der Waals surface area (Å²) in [5.74, 6) is -0.433. The molecule has 0 aliphatic carbocycles. The van der Waals surface area contributed by atoms with Crippen LogP contribution in [-0.4, -0.2) is 28.8 Å². The van der Waals surface area contributed by atoms with Crippen LogP contribution in [0, 0.1) is 16.0 Å². The molecule has 5 rings (SSSR count). The molecule has 3 aromatic rings. The maximum Gasteiger partial charge on any atom is 0.269 e. The lowest BCUT2D eigenvalue weighted by molar-refractivity contribution is -0.384. The number of piperidine rings is 1. The van der Waals surface area contributed by atoms with E-state index in [4.69, 9.17) is 4.84 Å². The molecule has 2 aliphatic heterocycles. The number of likely N-dealkylation sites (tertiary alicyclic amines) is 1. The van der Waals surface area contributed by atoms with Crippen LogP contribution >= 0.6 is 0 Å². The van der Waals surface area contributed by atoms with Gasteiger partial charge in [0.1, 0.15) is 6.10 Å². The third kappa shape index (κ3) is 4.26. The van der Waals surface area contributed by atoms with Gasteiger partial charge in [-0.25, -0.2) is 5.06 Å². The Morgan fingerprint density at radius 1 is 0.824 bits per heavy atom. The number of anilines is 1. The first-order valence-corrected chi connectivity index (χ1v) is 11.7. The van der Waals surface area contributed by atoms with Crippen LogP contribution in [-0.2, 0) is 9.63 Å². The fourth-order valence-electron chi connectivity index (χ4n) is 5.00. The average Bonchev–Trinajstić information content (AvgIpc) is 3.30. The van der Waals surface area contributed by atoms with Gasteiger partial charge in [-0.1, -0.05) is 60.7 Å². The van der Waals surface area contributed by atoms with Crippen molar-refractivity contribution in [3.63, 3.8) is 0 Å². The van der Waals surface area contributed by atoms with E-state index in [9.17, 15) is 14.9 Å². The number of amides is 1. The van der Waals surface area contributed by atoms with Crippen LogP contribution in [0.3, 0.4) is 0 Å². The quantitative estimate of drug-likeness (QED) is 0.376. The number of rotatable bonds is 5. The number of nitrogens with zero attached hydrogens (tertiary/aromatic N) is 3. The largest absolute Gasteiger partial charge is 0.342 e. The van der Waals surface area contributed by atoms with Gasteiger partial charge in [-0.2, -0.15) is 0 Å². The molecule has 2 fully saturated rings. The highest BCUT2D eigenvalue weighted by atomic mass is 16.7. The Labute approximate surface area is 198 Å². The number of hydrogen-bond donors (Lipinski definition) is 0. The molecular weight excluding hydrogens is 430 g/mol. The van der Waals surface area contributed by atoms with Gasteiger partial charge in [-0.3, -0.25) is 19.7 Å². The highest BCUT2D eigenvalue weighted by Crippen LogP contribution is 2.49. The second-order valence-electron chi connectivity index (χ2n) is 8.80. The van der Waals surface area contributed by atoms with E-state index in [2.05, 4.69) is 0 Å². The molecule has 3 aromatic carbocycles. The van der Waals surface area contributed by atoms with Gasteiger partial charge < -0.3 is 4.90 Å². The molecule has 0 radical (unpaired) electrons. The fraction of sp³-hybridized carbons (Fsp3) is 0.296. The minimum Gasteiger partial charge on any atom is -0.342 e. The zero-order valence-corrected chi connectivity index (χ0v) is 18.8. The smallest absolute Gasteiger partial charge is 0.269 e. The van der Waals surface area contributed by atoms with E-state index < -0.39 is 23.0 Å². The Balaban J connectivity index is 1.62. The van der Waals surface area contributed by atoms with Gasteiger partial charge in [0.25, 0.3) is 5.69 Å². The normalized spacial score (nSPS) is 22.5. The SMILES string of the molecule is O=C(C1C(c2ccccc2)ON(c2ccccc2)C1c1ccc([N+](=O)[O-])cc1)N1CCCCC1. The van der Waals surface area contributed by atoms with Gasteiger partial charge in [0.15, 0.2) is 0 Å². The zero-order valence-electron chi connectivity index (χ0n) is 18.8. The van der Waals surface area contributed by atoms with Crippen molar-refractivity contribution in [2.24, 2.45) is 5.92 Å². The number of para-hydroxylation sites is 1. The van der Waals surface area contributed by atoms with Crippen LogP contribution in [0.1, 0.15) is 42.5 Å². The van der Waals surface area contributed by atoms with E-state index in [0.29, 0.717) is 0 Å². The Kier molecular flexibility index (Phi) is 6.27. The minimum atomic E-state index is -0.498.